The summed E-state index contributed by atoms with van der Waals surface area (Å²) in [5, 5.41) is 22.6. The van der Waals surface area contributed by atoms with E-state index in [1.165, 1.54) is 49.6 Å². The summed E-state index contributed by atoms with van der Waals surface area (Å²) < 4.78 is 0. The molecule has 0 bridgehead atoms. The summed E-state index contributed by atoms with van der Waals surface area (Å²) >= 11 is 0. The van der Waals surface area contributed by atoms with Crippen molar-refractivity contribution < 1.29 is 9.90 Å². The third-order valence-corrected chi connectivity index (χ3v) is 10.6. The number of carbonyl (C=O) groups excluding carboxylic acids is 1. The first kappa shape index (κ1) is 18.5. The first-order valence-corrected chi connectivity index (χ1v) is 11.9. The zero-order valence-corrected chi connectivity index (χ0v) is 17.7. The normalized spacial score (nSPS) is 52.8. The van der Waals surface area contributed by atoms with Crippen molar-refractivity contribution in [3.8, 4) is 0 Å². The quantitative estimate of drug-likeness (QED) is 0.846. The number of aromatic nitrogens is 4. The molecule has 0 aliphatic heterocycles. The van der Waals surface area contributed by atoms with Crippen LogP contribution in [0, 0.1) is 52.8 Å². The van der Waals surface area contributed by atoms with Gasteiger partial charge in [-0.1, -0.05) is 13.8 Å². The van der Waals surface area contributed by atoms with Gasteiger partial charge in [0.05, 0.1) is 5.60 Å². The van der Waals surface area contributed by atoms with E-state index in [1.54, 1.807) is 0 Å². The standard InChI is InChI=1S/C23H34N4O2/c1-13-21-17-4-3-16-14(15(17)8-10-23(13,21)29)7-9-22(2)18(16)5-6-19(22)20(28)11-27-25-12-24-26-27/h12-19,21,29H,3-11H2,1-2H3/t13?,14-,15-,16-,17+,18+,19-,21?,22+,23+/m1/s1. The van der Waals surface area contributed by atoms with E-state index in [4.69, 9.17) is 0 Å². The van der Waals surface area contributed by atoms with E-state index >= 15 is 0 Å². The van der Waals surface area contributed by atoms with Gasteiger partial charge in [-0.25, -0.2) is 0 Å². The lowest BCUT2D eigenvalue weighted by Crippen LogP contribution is -2.50. The van der Waals surface area contributed by atoms with Crippen molar-refractivity contribution >= 4 is 5.78 Å². The number of rotatable bonds is 3. The lowest BCUT2D eigenvalue weighted by Gasteiger charge is -2.56. The van der Waals surface area contributed by atoms with Crippen molar-refractivity contribution in [3.05, 3.63) is 6.33 Å². The second-order valence-electron chi connectivity index (χ2n) is 11.3. The Balaban J connectivity index is 1.21. The van der Waals surface area contributed by atoms with Crippen molar-refractivity contribution in [2.24, 2.45) is 52.8 Å². The molecule has 6 rings (SSSR count). The summed E-state index contributed by atoms with van der Waals surface area (Å²) in [4.78, 5) is 14.6. The fraction of sp³-hybridized carbons (Fsp3) is 0.913. The number of nitrogens with zero attached hydrogens (tertiary/aromatic N) is 4. The SMILES string of the molecule is CC1C2[C@H]3CC[C@@H]4[C@H](CC[C@]5(C)[C@@H](C(=O)Cn6ncnn6)CC[C@@H]45)[C@H]3CC[C@]12O. The highest BCUT2D eigenvalue weighted by Gasteiger charge is 2.69. The number of tetrazole rings is 1. The topological polar surface area (TPSA) is 80.9 Å². The molecule has 0 radical (unpaired) electrons. The van der Waals surface area contributed by atoms with Gasteiger partial charge in [-0.2, -0.15) is 4.80 Å². The molecule has 2 unspecified atom stereocenters. The molecule has 1 aromatic rings. The zero-order valence-electron chi connectivity index (χ0n) is 17.7. The number of hydrogen-bond acceptors (Lipinski definition) is 5. The predicted molar refractivity (Wildman–Crippen MR) is 106 cm³/mol. The predicted octanol–water partition coefficient (Wildman–Crippen LogP) is 3.12. The van der Waals surface area contributed by atoms with Gasteiger partial charge in [-0.15, -0.1) is 10.2 Å². The van der Waals surface area contributed by atoms with Crippen LogP contribution in [0.5, 0.6) is 0 Å². The van der Waals surface area contributed by atoms with E-state index in [-0.39, 0.29) is 23.5 Å². The van der Waals surface area contributed by atoms with Crippen molar-refractivity contribution in [3.63, 3.8) is 0 Å². The van der Waals surface area contributed by atoms with Gasteiger partial charge in [-0.3, -0.25) is 4.79 Å². The molecule has 5 aliphatic rings. The Kier molecular flexibility index (Phi) is 3.89. The minimum atomic E-state index is -0.322. The Morgan fingerprint density at radius 2 is 1.83 bits per heavy atom. The molecular formula is C23H34N4O2. The molecule has 0 aromatic carbocycles. The van der Waals surface area contributed by atoms with Crippen LogP contribution in [0.3, 0.4) is 0 Å². The number of hydrogen-bond donors (Lipinski definition) is 1. The maximum Gasteiger partial charge on any atom is 0.162 e. The molecule has 29 heavy (non-hydrogen) atoms. The second kappa shape index (κ2) is 6.12. The molecule has 10 atom stereocenters. The van der Waals surface area contributed by atoms with E-state index in [1.807, 2.05) is 0 Å². The van der Waals surface area contributed by atoms with Gasteiger partial charge in [0.15, 0.2) is 12.1 Å². The summed E-state index contributed by atoms with van der Waals surface area (Å²) in [5.41, 5.74) is -0.175. The zero-order chi connectivity index (χ0) is 20.0. The van der Waals surface area contributed by atoms with Gasteiger partial charge in [0, 0.05) is 5.92 Å². The van der Waals surface area contributed by atoms with E-state index in [0.29, 0.717) is 23.5 Å². The van der Waals surface area contributed by atoms with Crippen molar-refractivity contribution in [2.45, 2.75) is 77.4 Å². The van der Waals surface area contributed by atoms with E-state index < -0.39 is 0 Å². The van der Waals surface area contributed by atoms with Gasteiger partial charge < -0.3 is 5.11 Å². The lowest BCUT2D eigenvalue weighted by molar-refractivity contribution is -0.132. The Labute approximate surface area is 172 Å². The molecule has 0 amide bonds. The minimum Gasteiger partial charge on any atom is -0.389 e. The molecule has 5 fully saturated rings. The van der Waals surface area contributed by atoms with Crippen molar-refractivity contribution in [1.29, 1.82) is 0 Å². The summed E-state index contributed by atoms with van der Waals surface area (Å²) in [7, 11) is 0. The summed E-state index contributed by atoms with van der Waals surface area (Å²) in [6.07, 6.45) is 11.0. The molecule has 6 nitrogen and oxygen atoms in total. The van der Waals surface area contributed by atoms with E-state index in [2.05, 4.69) is 29.3 Å². The Bertz CT molecular complexity index is 812. The Hall–Kier alpha value is -1.30. The van der Waals surface area contributed by atoms with Crippen LogP contribution in [0.2, 0.25) is 0 Å². The smallest absolute Gasteiger partial charge is 0.162 e. The maximum absolute atomic E-state index is 13.1. The summed E-state index contributed by atoms with van der Waals surface area (Å²) in [5.74, 6) is 5.43. The average molecular weight is 399 g/mol. The van der Waals surface area contributed by atoms with Crippen LogP contribution in [0.25, 0.3) is 0 Å². The van der Waals surface area contributed by atoms with Gasteiger partial charge >= 0.3 is 0 Å². The maximum atomic E-state index is 13.1. The molecule has 1 heterocycles. The molecule has 5 saturated carbocycles. The molecule has 5 aliphatic carbocycles. The molecular weight excluding hydrogens is 364 g/mol. The van der Waals surface area contributed by atoms with Crippen LogP contribution in [0.1, 0.15) is 65.2 Å². The molecule has 158 valence electrons. The van der Waals surface area contributed by atoms with Crippen LogP contribution >= 0.6 is 0 Å². The number of ketones is 1. The average Bonchev–Trinajstić information content (AvgIpc) is 3.08. The molecule has 0 saturated heterocycles. The summed E-state index contributed by atoms with van der Waals surface area (Å²) in [6.45, 7) is 4.95. The second-order valence-corrected chi connectivity index (χ2v) is 11.3. The third-order valence-electron chi connectivity index (χ3n) is 10.6. The Morgan fingerprint density at radius 1 is 1.07 bits per heavy atom. The van der Waals surface area contributed by atoms with Gasteiger partial charge in [0.25, 0.3) is 0 Å². The number of aliphatic hydroxyl groups is 1. The van der Waals surface area contributed by atoms with Crippen molar-refractivity contribution in [2.75, 3.05) is 0 Å². The van der Waals surface area contributed by atoms with Crippen LogP contribution in [0.4, 0.5) is 0 Å². The van der Waals surface area contributed by atoms with Crippen LogP contribution in [-0.4, -0.2) is 36.7 Å². The minimum absolute atomic E-state index is 0.147. The molecule has 1 aromatic heterocycles. The number of Topliss-reactive ketones (excluding diaryl/α,β-unsaturated/α-hetero) is 1. The molecule has 1 N–H and O–H groups in total. The third kappa shape index (κ3) is 2.44. The number of fused-ring (bicyclic) bond motifs is 7. The summed E-state index contributed by atoms with van der Waals surface area (Å²) in [6, 6.07) is 0. The monoisotopic (exact) mass is 398 g/mol. The van der Waals surface area contributed by atoms with Gasteiger partial charge in [-0.05, 0) is 103 Å². The van der Waals surface area contributed by atoms with Crippen LogP contribution in [0.15, 0.2) is 6.33 Å². The van der Waals surface area contributed by atoms with E-state index in [9.17, 15) is 9.90 Å². The fourth-order valence-electron chi connectivity index (χ4n) is 9.28. The van der Waals surface area contributed by atoms with Crippen LogP contribution < -0.4 is 0 Å². The largest absolute Gasteiger partial charge is 0.389 e. The van der Waals surface area contributed by atoms with E-state index in [0.717, 1.165) is 36.5 Å². The first-order chi connectivity index (χ1) is 13.9. The Morgan fingerprint density at radius 3 is 2.62 bits per heavy atom. The highest BCUT2D eigenvalue weighted by Crippen LogP contribution is 2.70. The fourth-order valence-corrected chi connectivity index (χ4v) is 9.28. The van der Waals surface area contributed by atoms with Crippen LogP contribution in [-0.2, 0) is 11.3 Å². The van der Waals surface area contributed by atoms with Gasteiger partial charge in [0.1, 0.15) is 6.54 Å². The lowest BCUT2D eigenvalue weighted by atomic mass is 9.49. The highest BCUT2D eigenvalue weighted by molar-refractivity contribution is 5.81. The van der Waals surface area contributed by atoms with Gasteiger partial charge in [0.2, 0.25) is 0 Å². The highest BCUT2D eigenvalue weighted by atomic mass is 16.3. The van der Waals surface area contributed by atoms with Crippen molar-refractivity contribution in [1.82, 2.24) is 20.2 Å². The molecule has 6 heteroatoms. The number of carbonyl (C=O) groups is 1. The molecule has 0 spiro atoms. The first-order valence-electron chi connectivity index (χ1n) is 11.9.